The van der Waals surface area contributed by atoms with Crippen LogP contribution in [0.1, 0.15) is 22.9 Å². The van der Waals surface area contributed by atoms with Crippen molar-refractivity contribution in [2.24, 2.45) is 0 Å². The Morgan fingerprint density at radius 3 is 2.67 bits per heavy atom. The molecule has 2 aromatic carbocycles. The number of hydrogen-bond acceptors (Lipinski definition) is 5. The second-order valence-electron chi connectivity index (χ2n) is 7.23. The Morgan fingerprint density at radius 1 is 1.10 bits per heavy atom. The van der Waals surface area contributed by atoms with Gasteiger partial charge in [0.15, 0.2) is 0 Å². The van der Waals surface area contributed by atoms with Crippen molar-refractivity contribution in [3.8, 4) is 17.3 Å². The lowest BCUT2D eigenvalue weighted by atomic mass is 9.95. The van der Waals surface area contributed by atoms with Crippen molar-refractivity contribution in [3.05, 3.63) is 86.2 Å². The average Bonchev–Trinajstić information content (AvgIpc) is 3.13. The van der Waals surface area contributed by atoms with E-state index in [9.17, 15) is 14.7 Å². The number of ether oxygens (including phenoxy) is 1. The standard InChI is InChI=1S/C22H20N4O4/c1-30-13-7-8-16-15(11-13)14-9-10-23-19(18(14)24-16)17-20(27)25-22(29)26(21(17)28)12-5-3-2-4-6-12/h2-8,11,19,23-24,28H,9-10H2,1H3,(H,25,27,29)/t19-/m1/s1. The molecule has 1 atom stereocenters. The van der Waals surface area contributed by atoms with Gasteiger partial charge in [0.25, 0.3) is 5.56 Å². The highest BCUT2D eigenvalue weighted by atomic mass is 16.5. The fourth-order valence-corrected chi connectivity index (χ4v) is 4.20. The molecule has 0 radical (unpaired) electrons. The van der Waals surface area contributed by atoms with E-state index in [1.807, 2.05) is 24.3 Å². The number of hydrogen-bond donors (Lipinski definition) is 4. The number of aromatic hydroxyl groups is 1. The fourth-order valence-electron chi connectivity index (χ4n) is 4.20. The van der Waals surface area contributed by atoms with E-state index in [1.165, 1.54) is 0 Å². The summed E-state index contributed by atoms with van der Waals surface area (Å²) in [6.45, 7) is 0.616. The Labute approximate surface area is 170 Å². The molecule has 152 valence electrons. The topological polar surface area (TPSA) is 112 Å². The number of para-hydroxylation sites is 1. The second-order valence-corrected chi connectivity index (χ2v) is 7.23. The van der Waals surface area contributed by atoms with Crippen LogP contribution in [0.3, 0.4) is 0 Å². The molecular weight excluding hydrogens is 384 g/mol. The minimum atomic E-state index is -0.690. The first-order valence-corrected chi connectivity index (χ1v) is 9.64. The molecule has 0 amide bonds. The van der Waals surface area contributed by atoms with Gasteiger partial charge < -0.3 is 20.1 Å². The molecule has 8 nitrogen and oxygen atoms in total. The van der Waals surface area contributed by atoms with Crippen molar-refractivity contribution in [1.29, 1.82) is 0 Å². The van der Waals surface area contributed by atoms with Gasteiger partial charge in [0.1, 0.15) is 11.3 Å². The number of rotatable bonds is 3. The van der Waals surface area contributed by atoms with E-state index in [0.717, 1.165) is 38.9 Å². The summed E-state index contributed by atoms with van der Waals surface area (Å²) < 4.78 is 6.46. The lowest BCUT2D eigenvalue weighted by Gasteiger charge is -2.25. The smallest absolute Gasteiger partial charge is 0.335 e. The maximum Gasteiger partial charge on any atom is 0.335 e. The van der Waals surface area contributed by atoms with Crippen LogP contribution in [-0.2, 0) is 6.42 Å². The van der Waals surface area contributed by atoms with Gasteiger partial charge in [0.2, 0.25) is 5.88 Å². The van der Waals surface area contributed by atoms with Crippen molar-refractivity contribution >= 4 is 10.9 Å². The van der Waals surface area contributed by atoms with E-state index in [1.54, 1.807) is 31.4 Å². The monoisotopic (exact) mass is 404 g/mol. The van der Waals surface area contributed by atoms with E-state index in [2.05, 4.69) is 15.3 Å². The highest BCUT2D eigenvalue weighted by Gasteiger charge is 2.31. The van der Waals surface area contributed by atoms with Gasteiger partial charge in [-0.3, -0.25) is 9.78 Å². The number of nitrogens with one attached hydrogen (secondary N) is 3. The summed E-state index contributed by atoms with van der Waals surface area (Å²) in [6.07, 6.45) is 0.760. The average molecular weight is 404 g/mol. The SMILES string of the molecule is COc1ccc2[nH]c3c(c2c1)CCN[C@@H]3c1c(O)n(-c2ccccc2)c(=O)[nH]c1=O. The molecule has 0 saturated heterocycles. The molecule has 4 N–H and O–H groups in total. The van der Waals surface area contributed by atoms with Crippen LogP contribution in [0, 0.1) is 0 Å². The third kappa shape index (κ3) is 2.73. The molecule has 0 spiro atoms. The molecule has 0 saturated carbocycles. The minimum absolute atomic E-state index is 0.0953. The zero-order chi connectivity index (χ0) is 20.8. The van der Waals surface area contributed by atoms with Crippen LogP contribution in [0.5, 0.6) is 11.6 Å². The van der Waals surface area contributed by atoms with Crippen LogP contribution >= 0.6 is 0 Å². The summed E-state index contributed by atoms with van der Waals surface area (Å²) in [6, 6.07) is 13.9. The normalized spacial score (nSPS) is 15.8. The highest BCUT2D eigenvalue weighted by molar-refractivity contribution is 5.86. The van der Waals surface area contributed by atoms with Crippen LogP contribution < -0.4 is 21.3 Å². The Morgan fingerprint density at radius 2 is 1.90 bits per heavy atom. The summed E-state index contributed by atoms with van der Waals surface area (Å²) in [5, 5.41) is 15.3. The molecule has 0 bridgehead atoms. The third-order valence-corrected chi connectivity index (χ3v) is 5.58. The first-order chi connectivity index (χ1) is 14.6. The number of aromatic amines is 2. The summed E-state index contributed by atoms with van der Waals surface area (Å²) in [7, 11) is 1.62. The maximum atomic E-state index is 12.8. The molecule has 1 aliphatic heterocycles. The number of methoxy groups -OCH3 is 1. The molecule has 0 aliphatic carbocycles. The van der Waals surface area contributed by atoms with E-state index in [4.69, 9.17) is 4.74 Å². The molecule has 4 aromatic rings. The minimum Gasteiger partial charge on any atom is -0.497 e. The first-order valence-electron chi connectivity index (χ1n) is 9.64. The third-order valence-electron chi connectivity index (χ3n) is 5.58. The highest BCUT2D eigenvalue weighted by Crippen LogP contribution is 2.36. The van der Waals surface area contributed by atoms with E-state index in [0.29, 0.717) is 12.2 Å². The van der Waals surface area contributed by atoms with Gasteiger partial charge in [-0.2, -0.15) is 0 Å². The van der Waals surface area contributed by atoms with Crippen LogP contribution in [-0.4, -0.2) is 33.3 Å². The predicted octanol–water partition coefficient (Wildman–Crippen LogP) is 1.96. The van der Waals surface area contributed by atoms with Gasteiger partial charge >= 0.3 is 5.69 Å². The van der Waals surface area contributed by atoms with Crippen molar-refractivity contribution < 1.29 is 9.84 Å². The summed E-state index contributed by atoms with van der Waals surface area (Å²) in [5.41, 5.74) is 2.03. The first kappa shape index (κ1) is 18.3. The lowest BCUT2D eigenvalue weighted by molar-refractivity contribution is 0.409. The van der Waals surface area contributed by atoms with Crippen LogP contribution in [0.4, 0.5) is 0 Å². The van der Waals surface area contributed by atoms with Crippen molar-refractivity contribution in [1.82, 2.24) is 19.9 Å². The second kappa shape index (κ2) is 6.93. The van der Waals surface area contributed by atoms with Crippen molar-refractivity contribution in [2.75, 3.05) is 13.7 Å². The Balaban J connectivity index is 1.73. The zero-order valence-corrected chi connectivity index (χ0v) is 16.2. The van der Waals surface area contributed by atoms with Gasteiger partial charge in [-0.05, 0) is 42.3 Å². The maximum absolute atomic E-state index is 12.8. The molecule has 5 rings (SSSR count). The quantitative estimate of drug-likeness (QED) is 0.417. The van der Waals surface area contributed by atoms with Crippen molar-refractivity contribution in [3.63, 3.8) is 0 Å². The van der Waals surface area contributed by atoms with E-state index < -0.39 is 17.3 Å². The zero-order valence-electron chi connectivity index (χ0n) is 16.2. The van der Waals surface area contributed by atoms with Gasteiger partial charge in [0, 0.05) is 23.1 Å². The van der Waals surface area contributed by atoms with Gasteiger partial charge in [-0.15, -0.1) is 0 Å². The molecule has 30 heavy (non-hydrogen) atoms. The molecule has 0 unspecified atom stereocenters. The summed E-state index contributed by atoms with van der Waals surface area (Å²) >= 11 is 0. The number of nitrogens with zero attached hydrogens (tertiary/aromatic N) is 1. The van der Waals surface area contributed by atoms with Crippen molar-refractivity contribution in [2.45, 2.75) is 12.5 Å². The van der Waals surface area contributed by atoms with Crippen LogP contribution in [0.15, 0.2) is 58.1 Å². The van der Waals surface area contributed by atoms with E-state index >= 15 is 0 Å². The van der Waals surface area contributed by atoms with Crippen LogP contribution in [0.25, 0.3) is 16.6 Å². The number of aromatic nitrogens is 3. The Kier molecular flexibility index (Phi) is 4.22. The van der Waals surface area contributed by atoms with Gasteiger partial charge in [0.05, 0.1) is 18.8 Å². The van der Waals surface area contributed by atoms with Crippen LogP contribution in [0.2, 0.25) is 0 Å². The molecule has 8 heteroatoms. The summed E-state index contributed by atoms with van der Waals surface area (Å²) in [5.74, 6) is 0.370. The van der Waals surface area contributed by atoms with E-state index in [-0.39, 0.29) is 11.4 Å². The summed E-state index contributed by atoms with van der Waals surface area (Å²) in [4.78, 5) is 30.9. The predicted molar refractivity (Wildman–Crippen MR) is 113 cm³/mol. The molecule has 3 heterocycles. The molecular formula is C22H20N4O4. The number of H-pyrrole nitrogens is 2. The largest absolute Gasteiger partial charge is 0.497 e. The number of fused-ring (bicyclic) bond motifs is 3. The Hall–Kier alpha value is -3.78. The molecule has 1 aliphatic rings. The lowest BCUT2D eigenvalue weighted by Crippen LogP contribution is -2.38. The number of benzene rings is 2. The van der Waals surface area contributed by atoms with Gasteiger partial charge in [-0.1, -0.05) is 18.2 Å². The Bertz CT molecular complexity index is 1370. The van der Waals surface area contributed by atoms with Gasteiger partial charge in [-0.25, -0.2) is 9.36 Å². The molecule has 2 aromatic heterocycles. The molecule has 0 fully saturated rings. The fraction of sp³-hybridized carbons (Fsp3) is 0.182.